The lowest BCUT2D eigenvalue weighted by Gasteiger charge is -2.32. The molecule has 0 aromatic heterocycles. The van der Waals surface area contributed by atoms with Gasteiger partial charge in [0.15, 0.2) is 0 Å². The third-order valence-corrected chi connectivity index (χ3v) is 4.28. The Balaban J connectivity index is 2.13. The number of likely N-dealkylation sites (tertiary alicyclic amines) is 1. The van der Waals surface area contributed by atoms with Gasteiger partial charge < -0.3 is 4.90 Å². The first kappa shape index (κ1) is 14.5. The van der Waals surface area contributed by atoms with E-state index in [1.54, 1.807) is 0 Å². The fraction of sp³-hybridized carbons (Fsp3) is 0.933. The molecule has 0 N–H and O–H groups in total. The largest absolute Gasteiger partial charge is 0.343 e. The highest BCUT2D eigenvalue weighted by molar-refractivity contribution is 5.75. The highest BCUT2D eigenvalue weighted by atomic mass is 16.2. The van der Waals surface area contributed by atoms with Gasteiger partial charge in [0.05, 0.1) is 0 Å². The lowest BCUT2D eigenvalue weighted by atomic mass is 9.89. The van der Waals surface area contributed by atoms with Gasteiger partial charge in [-0.15, -0.1) is 0 Å². The van der Waals surface area contributed by atoms with E-state index in [4.69, 9.17) is 0 Å². The Hall–Kier alpha value is -0.530. The molecule has 0 saturated carbocycles. The van der Waals surface area contributed by atoms with Crippen molar-refractivity contribution >= 4 is 5.91 Å². The number of piperidine rings is 1. The van der Waals surface area contributed by atoms with Crippen molar-refractivity contribution < 1.29 is 4.79 Å². The molecule has 1 aliphatic rings. The van der Waals surface area contributed by atoms with Gasteiger partial charge in [-0.2, -0.15) is 0 Å². The van der Waals surface area contributed by atoms with Gasteiger partial charge in [-0.3, -0.25) is 4.79 Å². The molecule has 1 fully saturated rings. The number of rotatable bonds is 6. The number of hydrogen-bond acceptors (Lipinski definition) is 1. The molecule has 0 aliphatic carbocycles. The van der Waals surface area contributed by atoms with Crippen molar-refractivity contribution in [2.45, 2.75) is 65.7 Å². The SMILES string of the molecule is CCC(=O)N1CCC(CCCC(C)CC)CC1. The van der Waals surface area contributed by atoms with Gasteiger partial charge in [-0.1, -0.05) is 46.5 Å². The molecule has 1 aliphatic heterocycles. The van der Waals surface area contributed by atoms with Crippen molar-refractivity contribution in [3.05, 3.63) is 0 Å². The summed E-state index contributed by atoms with van der Waals surface area (Å²) in [5, 5.41) is 0. The summed E-state index contributed by atoms with van der Waals surface area (Å²) in [6.45, 7) is 8.59. The van der Waals surface area contributed by atoms with Crippen molar-refractivity contribution in [1.82, 2.24) is 4.90 Å². The summed E-state index contributed by atoms with van der Waals surface area (Å²) in [5.74, 6) is 2.10. The first-order valence-electron chi connectivity index (χ1n) is 7.45. The molecule has 1 unspecified atom stereocenters. The summed E-state index contributed by atoms with van der Waals surface area (Å²) in [4.78, 5) is 13.6. The summed E-state index contributed by atoms with van der Waals surface area (Å²) in [6, 6.07) is 0. The van der Waals surface area contributed by atoms with Crippen molar-refractivity contribution in [1.29, 1.82) is 0 Å². The minimum Gasteiger partial charge on any atom is -0.343 e. The molecular weight excluding hydrogens is 210 g/mol. The van der Waals surface area contributed by atoms with Crippen LogP contribution in [0.15, 0.2) is 0 Å². The van der Waals surface area contributed by atoms with Crippen LogP contribution >= 0.6 is 0 Å². The number of carbonyl (C=O) groups is 1. The van der Waals surface area contributed by atoms with Crippen LogP contribution in [0.4, 0.5) is 0 Å². The van der Waals surface area contributed by atoms with Gasteiger partial charge >= 0.3 is 0 Å². The second kappa shape index (κ2) is 7.73. The van der Waals surface area contributed by atoms with Crippen LogP contribution in [0.25, 0.3) is 0 Å². The van der Waals surface area contributed by atoms with Crippen LogP contribution in [0, 0.1) is 11.8 Å². The maximum absolute atomic E-state index is 11.5. The zero-order valence-electron chi connectivity index (χ0n) is 11.9. The van der Waals surface area contributed by atoms with Gasteiger partial charge in [-0.25, -0.2) is 0 Å². The van der Waals surface area contributed by atoms with Crippen molar-refractivity contribution in [3.8, 4) is 0 Å². The van der Waals surface area contributed by atoms with E-state index in [9.17, 15) is 4.79 Å². The number of hydrogen-bond donors (Lipinski definition) is 0. The Morgan fingerprint density at radius 3 is 2.47 bits per heavy atom. The minimum absolute atomic E-state index is 0.336. The molecule has 1 heterocycles. The Morgan fingerprint density at radius 2 is 1.94 bits per heavy atom. The van der Waals surface area contributed by atoms with Crippen LogP contribution in [-0.2, 0) is 4.79 Å². The normalized spacial score (nSPS) is 19.4. The van der Waals surface area contributed by atoms with Gasteiger partial charge in [0, 0.05) is 19.5 Å². The molecule has 0 radical (unpaired) electrons. The van der Waals surface area contributed by atoms with Crippen LogP contribution in [-0.4, -0.2) is 23.9 Å². The molecule has 1 amide bonds. The monoisotopic (exact) mass is 239 g/mol. The highest BCUT2D eigenvalue weighted by Crippen LogP contribution is 2.24. The van der Waals surface area contributed by atoms with Gasteiger partial charge in [0.1, 0.15) is 0 Å². The third-order valence-electron chi connectivity index (χ3n) is 4.28. The maximum atomic E-state index is 11.5. The van der Waals surface area contributed by atoms with E-state index in [1.165, 1.54) is 38.5 Å². The van der Waals surface area contributed by atoms with Gasteiger partial charge in [0.25, 0.3) is 0 Å². The number of nitrogens with zero attached hydrogens (tertiary/aromatic N) is 1. The fourth-order valence-corrected chi connectivity index (χ4v) is 2.65. The smallest absolute Gasteiger partial charge is 0.222 e. The Labute approximate surface area is 107 Å². The minimum atomic E-state index is 0.336. The van der Waals surface area contributed by atoms with E-state index < -0.39 is 0 Å². The van der Waals surface area contributed by atoms with Crippen LogP contribution in [0.3, 0.4) is 0 Å². The van der Waals surface area contributed by atoms with Crippen LogP contribution in [0.2, 0.25) is 0 Å². The molecule has 17 heavy (non-hydrogen) atoms. The predicted octanol–water partition coefficient (Wildman–Crippen LogP) is 3.85. The summed E-state index contributed by atoms with van der Waals surface area (Å²) in [5.41, 5.74) is 0. The zero-order chi connectivity index (χ0) is 12.7. The van der Waals surface area contributed by atoms with Gasteiger partial charge in [-0.05, 0) is 24.7 Å². The molecule has 0 spiro atoms. The first-order valence-corrected chi connectivity index (χ1v) is 7.45. The fourth-order valence-electron chi connectivity index (χ4n) is 2.65. The van der Waals surface area contributed by atoms with E-state index in [1.807, 2.05) is 11.8 Å². The molecule has 1 saturated heterocycles. The van der Waals surface area contributed by atoms with Crippen LogP contribution in [0.1, 0.15) is 65.7 Å². The van der Waals surface area contributed by atoms with Crippen molar-refractivity contribution in [3.63, 3.8) is 0 Å². The van der Waals surface area contributed by atoms with E-state index in [-0.39, 0.29) is 0 Å². The van der Waals surface area contributed by atoms with Crippen LogP contribution < -0.4 is 0 Å². The molecule has 0 bridgehead atoms. The molecule has 2 heteroatoms. The van der Waals surface area contributed by atoms with E-state index in [0.717, 1.165) is 24.9 Å². The lowest BCUT2D eigenvalue weighted by molar-refractivity contribution is -0.132. The predicted molar refractivity (Wildman–Crippen MR) is 72.9 cm³/mol. The number of amides is 1. The molecule has 1 rings (SSSR count). The van der Waals surface area contributed by atoms with E-state index in [2.05, 4.69) is 13.8 Å². The molecular formula is C15H29NO. The highest BCUT2D eigenvalue weighted by Gasteiger charge is 2.21. The molecule has 100 valence electrons. The second-order valence-electron chi connectivity index (χ2n) is 5.62. The number of carbonyl (C=O) groups excluding carboxylic acids is 1. The summed E-state index contributed by atoms with van der Waals surface area (Å²) in [7, 11) is 0. The average molecular weight is 239 g/mol. The molecule has 0 aromatic rings. The van der Waals surface area contributed by atoms with E-state index >= 15 is 0 Å². The van der Waals surface area contributed by atoms with Crippen molar-refractivity contribution in [2.75, 3.05) is 13.1 Å². The molecule has 1 atom stereocenters. The topological polar surface area (TPSA) is 20.3 Å². The second-order valence-corrected chi connectivity index (χ2v) is 5.62. The van der Waals surface area contributed by atoms with Crippen LogP contribution in [0.5, 0.6) is 0 Å². The zero-order valence-corrected chi connectivity index (χ0v) is 11.9. The summed E-state index contributed by atoms with van der Waals surface area (Å²) in [6.07, 6.45) is 8.56. The van der Waals surface area contributed by atoms with Gasteiger partial charge in [0.2, 0.25) is 5.91 Å². The first-order chi connectivity index (χ1) is 8.17. The molecule has 2 nitrogen and oxygen atoms in total. The standard InChI is InChI=1S/C15H29NO/c1-4-13(3)7-6-8-14-9-11-16(12-10-14)15(17)5-2/h13-14H,4-12H2,1-3H3. The Bertz CT molecular complexity index is 219. The lowest BCUT2D eigenvalue weighted by Crippen LogP contribution is -2.38. The molecule has 0 aromatic carbocycles. The van der Waals surface area contributed by atoms with Crippen molar-refractivity contribution in [2.24, 2.45) is 11.8 Å². The maximum Gasteiger partial charge on any atom is 0.222 e. The Kier molecular flexibility index (Phi) is 6.61. The summed E-state index contributed by atoms with van der Waals surface area (Å²) >= 11 is 0. The quantitative estimate of drug-likeness (QED) is 0.689. The summed E-state index contributed by atoms with van der Waals surface area (Å²) < 4.78 is 0. The van der Waals surface area contributed by atoms with E-state index in [0.29, 0.717) is 12.3 Å². The third kappa shape index (κ3) is 5.10. The Morgan fingerprint density at radius 1 is 1.29 bits per heavy atom. The average Bonchev–Trinajstić information content (AvgIpc) is 2.38.